The van der Waals surface area contributed by atoms with Crippen molar-refractivity contribution in [2.24, 2.45) is 11.8 Å². The average molecular weight is 379 g/mol. The smallest absolute Gasteiger partial charge is 0.325 e. The van der Waals surface area contributed by atoms with Crippen LogP contribution in [0.5, 0.6) is 0 Å². The SMILES string of the molecule is CCOC(=O)CNC(=O)[C@@H]1C2c3ccccc3C(c3ccccc32)[C@@H]1C(=O)O. The summed E-state index contributed by atoms with van der Waals surface area (Å²) in [7, 11) is 0. The lowest BCUT2D eigenvalue weighted by atomic mass is 9.54. The molecule has 6 nitrogen and oxygen atoms in total. The molecule has 0 heterocycles. The molecule has 0 radical (unpaired) electrons. The van der Waals surface area contributed by atoms with Crippen LogP contribution in [0.15, 0.2) is 48.5 Å². The second-order valence-electron chi connectivity index (χ2n) is 7.13. The van der Waals surface area contributed by atoms with Gasteiger partial charge in [-0.3, -0.25) is 14.4 Å². The topological polar surface area (TPSA) is 92.7 Å². The minimum Gasteiger partial charge on any atom is -0.481 e. The van der Waals surface area contributed by atoms with E-state index in [1.54, 1.807) is 6.92 Å². The number of carboxylic acid groups (broad SMARTS) is 1. The third-order valence-electron chi connectivity index (χ3n) is 5.74. The van der Waals surface area contributed by atoms with E-state index in [4.69, 9.17) is 4.74 Å². The lowest BCUT2D eigenvalue weighted by Gasteiger charge is -2.48. The average Bonchev–Trinajstić information content (AvgIpc) is 2.71. The van der Waals surface area contributed by atoms with Crippen molar-refractivity contribution in [2.45, 2.75) is 18.8 Å². The number of carbonyl (C=O) groups excluding carboxylic acids is 2. The zero-order chi connectivity index (χ0) is 19.8. The molecule has 5 rings (SSSR count). The molecule has 0 aliphatic heterocycles. The molecular formula is C22H21NO5. The Kier molecular flexibility index (Phi) is 4.63. The number of ether oxygens (including phenoxy) is 1. The summed E-state index contributed by atoms with van der Waals surface area (Å²) in [4.78, 5) is 36.9. The Hall–Kier alpha value is -3.15. The summed E-state index contributed by atoms with van der Waals surface area (Å²) in [6.45, 7) is 1.64. The van der Waals surface area contributed by atoms with Crippen molar-refractivity contribution < 1.29 is 24.2 Å². The van der Waals surface area contributed by atoms with E-state index in [-0.39, 0.29) is 19.1 Å². The van der Waals surface area contributed by atoms with Crippen LogP contribution in [0.3, 0.4) is 0 Å². The van der Waals surface area contributed by atoms with Crippen molar-refractivity contribution in [3.63, 3.8) is 0 Å². The summed E-state index contributed by atoms with van der Waals surface area (Å²) in [5.74, 6) is -4.41. The van der Waals surface area contributed by atoms with Crippen molar-refractivity contribution >= 4 is 17.8 Å². The zero-order valence-corrected chi connectivity index (χ0v) is 15.4. The van der Waals surface area contributed by atoms with Crippen LogP contribution in [-0.2, 0) is 19.1 Å². The molecule has 1 amide bonds. The maximum atomic E-state index is 13.0. The molecule has 2 N–H and O–H groups in total. The Morgan fingerprint density at radius 2 is 1.36 bits per heavy atom. The predicted octanol–water partition coefficient (Wildman–Crippen LogP) is 2.27. The highest BCUT2D eigenvalue weighted by molar-refractivity contribution is 5.91. The standard InChI is InChI=1S/C22H21NO5/c1-2-28-16(24)11-23-21(25)19-17-12-7-3-5-9-14(12)18(20(19)22(26)27)15-10-6-4-8-13(15)17/h3-10,17-20H,2,11H2,1H3,(H,23,25)(H,26,27)/t17?,18?,19-,20+/m1/s1. The highest BCUT2D eigenvalue weighted by atomic mass is 16.5. The van der Waals surface area contributed by atoms with Crippen LogP contribution in [0.2, 0.25) is 0 Å². The van der Waals surface area contributed by atoms with Crippen LogP contribution in [0.1, 0.15) is 41.0 Å². The zero-order valence-electron chi connectivity index (χ0n) is 15.4. The van der Waals surface area contributed by atoms with Gasteiger partial charge in [0.25, 0.3) is 0 Å². The molecule has 2 bridgehead atoms. The molecule has 6 heteroatoms. The van der Waals surface area contributed by atoms with Crippen molar-refractivity contribution in [1.29, 1.82) is 0 Å². The van der Waals surface area contributed by atoms with Gasteiger partial charge in [-0.05, 0) is 29.2 Å². The number of hydrogen-bond donors (Lipinski definition) is 2. The Balaban J connectivity index is 1.78. The van der Waals surface area contributed by atoms with Crippen LogP contribution in [-0.4, -0.2) is 36.1 Å². The number of carbonyl (C=O) groups is 3. The lowest BCUT2D eigenvalue weighted by molar-refractivity contribution is -0.150. The van der Waals surface area contributed by atoms with E-state index in [0.29, 0.717) is 0 Å². The molecule has 3 aliphatic carbocycles. The molecule has 0 spiro atoms. The van der Waals surface area contributed by atoms with E-state index in [1.165, 1.54) is 0 Å². The Labute approximate surface area is 162 Å². The number of esters is 1. The molecule has 2 aromatic rings. The number of aliphatic carboxylic acids is 1. The maximum absolute atomic E-state index is 13.0. The van der Waals surface area contributed by atoms with Gasteiger partial charge in [-0.25, -0.2) is 0 Å². The third-order valence-corrected chi connectivity index (χ3v) is 5.74. The fourth-order valence-electron chi connectivity index (χ4n) is 4.78. The number of carboxylic acids is 1. The van der Waals surface area contributed by atoms with Crippen LogP contribution in [0.25, 0.3) is 0 Å². The molecule has 0 fully saturated rings. The maximum Gasteiger partial charge on any atom is 0.325 e. The Bertz CT molecular complexity index is 906. The highest BCUT2D eigenvalue weighted by Crippen LogP contribution is 2.58. The quantitative estimate of drug-likeness (QED) is 0.778. The Morgan fingerprint density at radius 1 is 0.893 bits per heavy atom. The van der Waals surface area contributed by atoms with Gasteiger partial charge in [0, 0.05) is 11.8 Å². The van der Waals surface area contributed by atoms with Gasteiger partial charge >= 0.3 is 11.9 Å². The molecule has 28 heavy (non-hydrogen) atoms. The first kappa shape index (κ1) is 18.2. The summed E-state index contributed by atoms with van der Waals surface area (Å²) in [6.07, 6.45) is 0. The van der Waals surface area contributed by atoms with E-state index in [9.17, 15) is 19.5 Å². The largest absolute Gasteiger partial charge is 0.481 e. The van der Waals surface area contributed by atoms with Gasteiger partial charge in [0.2, 0.25) is 5.91 Å². The molecule has 0 unspecified atom stereocenters. The van der Waals surface area contributed by atoms with E-state index in [1.807, 2.05) is 48.5 Å². The minimum absolute atomic E-state index is 0.224. The van der Waals surface area contributed by atoms with Crippen LogP contribution in [0, 0.1) is 11.8 Å². The molecule has 2 aromatic carbocycles. The molecule has 2 atom stereocenters. The van der Waals surface area contributed by atoms with Gasteiger partial charge in [0.1, 0.15) is 6.54 Å². The summed E-state index contributed by atoms with van der Waals surface area (Å²) < 4.78 is 4.86. The molecule has 0 saturated carbocycles. The monoisotopic (exact) mass is 379 g/mol. The Morgan fingerprint density at radius 3 is 1.79 bits per heavy atom. The van der Waals surface area contributed by atoms with Crippen molar-refractivity contribution in [3.05, 3.63) is 70.8 Å². The number of nitrogens with one attached hydrogen (secondary N) is 1. The third kappa shape index (κ3) is 2.76. The van der Waals surface area contributed by atoms with Crippen LogP contribution < -0.4 is 5.32 Å². The normalized spacial score (nSPS) is 24.0. The fourth-order valence-corrected chi connectivity index (χ4v) is 4.78. The lowest BCUT2D eigenvalue weighted by Crippen LogP contribution is -2.50. The molecule has 3 aliphatic rings. The number of rotatable bonds is 5. The van der Waals surface area contributed by atoms with Crippen LogP contribution in [0.4, 0.5) is 0 Å². The van der Waals surface area contributed by atoms with Gasteiger partial charge < -0.3 is 15.2 Å². The van der Waals surface area contributed by atoms with E-state index in [0.717, 1.165) is 22.3 Å². The predicted molar refractivity (Wildman–Crippen MR) is 101 cm³/mol. The van der Waals surface area contributed by atoms with Gasteiger partial charge in [0.05, 0.1) is 18.4 Å². The number of fused-ring (bicyclic) bond motifs is 1. The summed E-state index contributed by atoms with van der Waals surface area (Å²) >= 11 is 0. The molecular weight excluding hydrogens is 358 g/mol. The first-order valence-electron chi connectivity index (χ1n) is 9.38. The van der Waals surface area contributed by atoms with E-state index < -0.39 is 35.6 Å². The van der Waals surface area contributed by atoms with Gasteiger partial charge in [-0.2, -0.15) is 0 Å². The summed E-state index contributed by atoms with van der Waals surface area (Å²) in [6, 6.07) is 15.4. The first-order chi connectivity index (χ1) is 13.5. The van der Waals surface area contributed by atoms with Gasteiger partial charge in [-0.15, -0.1) is 0 Å². The van der Waals surface area contributed by atoms with Crippen molar-refractivity contribution in [3.8, 4) is 0 Å². The highest BCUT2D eigenvalue weighted by Gasteiger charge is 2.55. The molecule has 0 saturated heterocycles. The molecule has 0 aromatic heterocycles. The number of benzene rings is 2. The summed E-state index contributed by atoms with van der Waals surface area (Å²) in [5, 5.41) is 12.6. The van der Waals surface area contributed by atoms with Crippen LogP contribution >= 0.6 is 0 Å². The molecule has 144 valence electrons. The minimum atomic E-state index is -1.00. The second-order valence-corrected chi connectivity index (χ2v) is 7.13. The fraction of sp³-hybridized carbons (Fsp3) is 0.318. The number of amides is 1. The van der Waals surface area contributed by atoms with Crippen molar-refractivity contribution in [2.75, 3.05) is 13.2 Å². The van der Waals surface area contributed by atoms with Gasteiger partial charge in [0.15, 0.2) is 0 Å². The second kappa shape index (κ2) is 7.11. The van der Waals surface area contributed by atoms with E-state index >= 15 is 0 Å². The van der Waals surface area contributed by atoms with E-state index in [2.05, 4.69) is 5.32 Å². The number of hydrogen-bond acceptors (Lipinski definition) is 4. The first-order valence-corrected chi connectivity index (χ1v) is 9.38. The van der Waals surface area contributed by atoms with Gasteiger partial charge in [-0.1, -0.05) is 48.5 Å². The van der Waals surface area contributed by atoms with Crippen molar-refractivity contribution in [1.82, 2.24) is 5.32 Å². The summed E-state index contributed by atoms with van der Waals surface area (Å²) in [5.41, 5.74) is 3.90.